The third-order valence-electron chi connectivity index (χ3n) is 7.50. The Morgan fingerprint density at radius 2 is 1.55 bits per heavy atom. The maximum Gasteiger partial charge on any atom is 0.408 e. The summed E-state index contributed by atoms with van der Waals surface area (Å²) in [5.41, 5.74) is 1.12. The van der Waals surface area contributed by atoms with E-state index < -0.39 is 23.8 Å². The zero-order valence-corrected chi connectivity index (χ0v) is 27.6. The number of unbranched alkanes of at least 4 members (excludes halogenated alkanes) is 5. The summed E-state index contributed by atoms with van der Waals surface area (Å²) >= 11 is 0. The highest BCUT2D eigenvalue weighted by Crippen LogP contribution is 2.28. The highest BCUT2D eigenvalue weighted by molar-refractivity contribution is 5.99. The number of hydrogen-bond donors (Lipinski definition) is 2. The second-order valence-electron chi connectivity index (χ2n) is 12.2. The number of rotatable bonds is 16. The van der Waals surface area contributed by atoms with Crippen molar-refractivity contribution in [2.45, 2.75) is 104 Å². The smallest absolute Gasteiger partial charge is 0.408 e. The molecule has 2 rings (SSSR count). The Balaban J connectivity index is 2.54. The molecule has 2 aromatic rings. The van der Waals surface area contributed by atoms with Crippen molar-refractivity contribution >= 4 is 23.6 Å². The number of carbonyl (C=O) groups excluding carboxylic acids is 3. The summed E-state index contributed by atoms with van der Waals surface area (Å²) < 4.78 is 10.8. The van der Waals surface area contributed by atoms with Gasteiger partial charge in [-0.3, -0.25) is 9.59 Å². The van der Waals surface area contributed by atoms with Gasteiger partial charge in [-0.05, 0) is 75.1 Å². The molecule has 0 heterocycles. The molecule has 44 heavy (non-hydrogen) atoms. The number of hydrogen-bond acceptors (Lipinski definition) is 5. The van der Waals surface area contributed by atoms with Gasteiger partial charge in [-0.2, -0.15) is 0 Å². The number of carbonyl (C=O) groups is 3. The van der Waals surface area contributed by atoms with Crippen molar-refractivity contribution in [2.24, 2.45) is 5.92 Å². The van der Waals surface area contributed by atoms with Gasteiger partial charge in [-0.25, -0.2) is 4.79 Å². The van der Waals surface area contributed by atoms with Crippen LogP contribution in [0.2, 0.25) is 0 Å². The number of alkyl carbamates (subject to hydrolysis) is 1. The first kappa shape index (κ1) is 36.2. The number of terminal acetylenes is 1. The fourth-order valence-electron chi connectivity index (χ4n) is 4.84. The molecule has 0 saturated heterocycles. The molecule has 3 atom stereocenters. The topological polar surface area (TPSA) is 97.0 Å². The van der Waals surface area contributed by atoms with Crippen LogP contribution in [0.25, 0.3) is 0 Å². The molecule has 0 aromatic heterocycles. The number of anilines is 1. The van der Waals surface area contributed by atoms with E-state index in [1.807, 2.05) is 13.8 Å². The van der Waals surface area contributed by atoms with Crippen LogP contribution >= 0.6 is 0 Å². The molecule has 2 N–H and O–H groups in total. The second-order valence-corrected chi connectivity index (χ2v) is 12.2. The molecule has 240 valence electrons. The van der Waals surface area contributed by atoms with Crippen LogP contribution in [0.4, 0.5) is 10.5 Å². The number of benzene rings is 2. The minimum Gasteiger partial charge on any atom is -0.497 e. The van der Waals surface area contributed by atoms with Gasteiger partial charge < -0.3 is 25.0 Å². The largest absolute Gasteiger partial charge is 0.497 e. The van der Waals surface area contributed by atoms with E-state index in [4.69, 9.17) is 15.9 Å². The van der Waals surface area contributed by atoms with Crippen molar-refractivity contribution in [3.63, 3.8) is 0 Å². The van der Waals surface area contributed by atoms with E-state index in [0.29, 0.717) is 42.0 Å². The van der Waals surface area contributed by atoms with Gasteiger partial charge in [0.25, 0.3) is 5.91 Å². The molecule has 2 aromatic carbocycles. The third-order valence-corrected chi connectivity index (χ3v) is 7.50. The summed E-state index contributed by atoms with van der Waals surface area (Å²) in [5, 5.41) is 5.81. The molecule has 8 heteroatoms. The summed E-state index contributed by atoms with van der Waals surface area (Å²) in [6.45, 7) is 11.7. The van der Waals surface area contributed by atoms with Gasteiger partial charge in [0.05, 0.1) is 7.11 Å². The Kier molecular flexibility index (Phi) is 14.8. The molecule has 0 aliphatic rings. The molecule has 0 radical (unpaired) electrons. The Morgan fingerprint density at radius 3 is 2.09 bits per heavy atom. The fourth-order valence-corrected chi connectivity index (χ4v) is 4.84. The van der Waals surface area contributed by atoms with Gasteiger partial charge in [-0.1, -0.05) is 77.3 Å². The van der Waals surface area contributed by atoms with Crippen LogP contribution in [0.15, 0.2) is 48.5 Å². The summed E-state index contributed by atoms with van der Waals surface area (Å²) in [6.07, 6.45) is 11.7. The van der Waals surface area contributed by atoms with Crippen LogP contribution < -0.4 is 15.4 Å². The SMILES string of the molecule is C#Cc1ccc(C(C(=O)Nc2ccc(OC)cc2)N(CCCCCCCC)C(=O)C(NC(=O)OC(C)(C)C)C(C)CC)cc1. The van der Waals surface area contributed by atoms with Crippen LogP contribution in [0.1, 0.15) is 104 Å². The first-order valence-corrected chi connectivity index (χ1v) is 15.8. The van der Waals surface area contributed by atoms with E-state index in [9.17, 15) is 14.4 Å². The molecule has 3 amide bonds. The van der Waals surface area contributed by atoms with Crippen LogP contribution in [-0.2, 0) is 14.3 Å². The van der Waals surface area contributed by atoms with Crippen LogP contribution in [0.5, 0.6) is 5.75 Å². The lowest BCUT2D eigenvalue weighted by Crippen LogP contribution is -2.55. The number of amides is 3. The average molecular weight is 606 g/mol. The Hall–Kier alpha value is -3.99. The highest BCUT2D eigenvalue weighted by atomic mass is 16.6. The lowest BCUT2D eigenvalue weighted by molar-refractivity contribution is -0.142. The van der Waals surface area contributed by atoms with Gasteiger partial charge in [0.1, 0.15) is 23.4 Å². The van der Waals surface area contributed by atoms with Gasteiger partial charge in [-0.15, -0.1) is 6.42 Å². The van der Waals surface area contributed by atoms with Crippen LogP contribution in [-0.4, -0.2) is 48.1 Å². The molecule has 0 spiro atoms. The second kappa shape index (κ2) is 18.0. The molecule has 0 fully saturated rings. The highest BCUT2D eigenvalue weighted by Gasteiger charge is 2.38. The predicted molar refractivity (Wildman–Crippen MR) is 176 cm³/mol. The molecule has 0 bridgehead atoms. The minimum absolute atomic E-state index is 0.212. The summed E-state index contributed by atoms with van der Waals surface area (Å²) in [4.78, 5) is 43.2. The maximum absolute atomic E-state index is 14.5. The quantitative estimate of drug-likeness (QED) is 0.153. The average Bonchev–Trinajstić information content (AvgIpc) is 3.00. The summed E-state index contributed by atoms with van der Waals surface area (Å²) in [5.74, 6) is 2.35. The van der Waals surface area contributed by atoms with E-state index in [0.717, 1.165) is 32.1 Å². The number of ether oxygens (including phenoxy) is 2. The van der Waals surface area contributed by atoms with E-state index in [-0.39, 0.29) is 17.7 Å². The zero-order valence-electron chi connectivity index (χ0n) is 27.6. The van der Waals surface area contributed by atoms with Gasteiger partial charge >= 0.3 is 6.09 Å². The van der Waals surface area contributed by atoms with Gasteiger partial charge in [0.15, 0.2) is 0 Å². The molecule has 8 nitrogen and oxygen atoms in total. The van der Waals surface area contributed by atoms with Crippen molar-refractivity contribution < 1.29 is 23.9 Å². The molecule has 3 unspecified atom stereocenters. The standard InChI is InChI=1S/C36H51N3O5/c1-9-12-13-14-15-16-25-39(34(41)31(26(4)10-2)38-35(42)44-36(5,6)7)32(28-19-17-27(11-3)18-20-28)33(40)37-29-21-23-30(43-8)24-22-29/h3,17-24,26,31-32H,9-10,12-16,25H2,1-2,4-8H3,(H,37,40)(H,38,42). The van der Waals surface area contributed by atoms with Crippen LogP contribution in [0, 0.1) is 18.3 Å². The Labute approximate surface area is 264 Å². The van der Waals surface area contributed by atoms with E-state index in [2.05, 4.69) is 23.5 Å². The van der Waals surface area contributed by atoms with Crippen molar-refractivity contribution in [3.8, 4) is 18.1 Å². The van der Waals surface area contributed by atoms with Crippen molar-refractivity contribution in [1.29, 1.82) is 0 Å². The molecule has 0 saturated carbocycles. The normalized spacial score (nSPS) is 13.1. The molecular formula is C36H51N3O5. The third kappa shape index (κ3) is 11.6. The van der Waals surface area contributed by atoms with Crippen LogP contribution in [0.3, 0.4) is 0 Å². The fraction of sp³-hybridized carbons (Fsp3) is 0.528. The van der Waals surface area contributed by atoms with Gasteiger partial charge in [0.2, 0.25) is 5.91 Å². The van der Waals surface area contributed by atoms with Crippen molar-refractivity contribution in [2.75, 3.05) is 19.0 Å². The lowest BCUT2D eigenvalue weighted by atomic mass is 9.95. The van der Waals surface area contributed by atoms with Crippen molar-refractivity contribution in [3.05, 3.63) is 59.7 Å². The monoisotopic (exact) mass is 605 g/mol. The first-order valence-electron chi connectivity index (χ1n) is 15.8. The molecule has 0 aliphatic carbocycles. The minimum atomic E-state index is -0.973. The van der Waals surface area contributed by atoms with Gasteiger partial charge in [0, 0.05) is 17.8 Å². The Bertz CT molecular complexity index is 1230. The van der Waals surface area contributed by atoms with E-state index in [1.54, 1.807) is 81.3 Å². The van der Waals surface area contributed by atoms with E-state index >= 15 is 0 Å². The maximum atomic E-state index is 14.5. The number of nitrogens with one attached hydrogen (secondary N) is 2. The molecule has 0 aliphatic heterocycles. The van der Waals surface area contributed by atoms with Crippen molar-refractivity contribution in [1.82, 2.24) is 10.2 Å². The Morgan fingerprint density at radius 1 is 0.932 bits per heavy atom. The number of nitrogens with zero attached hydrogens (tertiary/aromatic N) is 1. The first-order chi connectivity index (χ1) is 20.9. The lowest BCUT2D eigenvalue weighted by Gasteiger charge is -2.36. The van der Waals surface area contributed by atoms with E-state index in [1.165, 1.54) is 0 Å². The molecular weight excluding hydrogens is 554 g/mol. The summed E-state index contributed by atoms with van der Waals surface area (Å²) in [7, 11) is 1.58. The summed E-state index contributed by atoms with van der Waals surface area (Å²) in [6, 6.07) is 12.3. The predicted octanol–water partition coefficient (Wildman–Crippen LogP) is 7.48. The number of methoxy groups -OCH3 is 1. The zero-order chi connectivity index (χ0) is 32.7.